The molecule has 7 nitrogen and oxygen atoms in total. The van der Waals surface area contributed by atoms with Gasteiger partial charge in [0.25, 0.3) is 0 Å². The van der Waals surface area contributed by atoms with E-state index in [1.807, 2.05) is 0 Å². The Balaban J connectivity index is 2.69. The number of aliphatic carboxylic acids is 1. The van der Waals surface area contributed by atoms with Gasteiger partial charge in [0, 0.05) is 30.9 Å². The van der Waals surface area contributed by atoms with Crippen LogP contribution in [0.5, 0.6) is 0 Å². The number of thioether (sulfide) groups is 1. The third-order valence-electron chi connectivity index (χ3n) is 3.34. The Hall–Kier alpha value is -0.960. The van der Waals surface area contributed by atoms with Crippen molar-refractivity contribution < 1.29 is 23.1 Å². The van der Waals surface area contributed by atoms with E-state index in [0.717, 1.165) is 6.26 Å². The largest absolute Gasteiger partial charge is 0.480 e. The number of urea groups is 1. The van der Waals surface area contributed by atoms with E-state index in [1.54, 1.807) is 0 Å². The van der Waals surface area contributed by atoms with Crippen LogP contribution in [0.25, 0.3) is 0 Å². The second-order valence-corrected chi connectivity index (χ2v) is 9.11. The van der Waals surface area contributed by atoms with Crippen molar-refractivity contribution in [3.8, 4) is 0 Å². The van der Waals surface area contributed by atoms with Gasteiger partial charge in [0.05, 0.1) is 4.75 Å². The molecule has 20 heavy (non-hydrogen) atoms. The van der Waals surface area contributed by atoms with E-state index in [1.165, 1.54) is 30.5 Å². The number of hydrogen-bond donors (Lipinski definition) is 2. The van der Waals surface area contributed by atoms with Gasteiger partial charge in [-0.2, -0.15) is 11.8 Å². The van der Waals surface area contributed by atoms with Crippen LogP contribution in [0.4, 0.5) is 4.79 Å². The average Bonchev–Trinajstić information content (AvgIpc) is 2.34. The predicted octanol–water partition coefficient (Wildman–Crippen LogP) is 0.0212. The molecule has 1 rings (SSSR count). The summed E-state index contributed by atoms with van der Waals surface area (Å²) < 4.78 is 22.0. The van der Waals surface area contributed by atoms with Crippen LogP contribution in [0, 0.1) is 0 Å². The SMILES string of the molecule is CC(C)(CNC(=O)N1CCSCC1C(=O)O)S(C)(=O)=O. The molecule has 0 bridgehead atoms. The normalized spacial score (nSPS) is 20.6. The van der Waals surface area contributed by atoms with Gasteiger partial charge in [0.15, 0.2) is 9.84 Å². The summed E-state index contributed by atoms with van der Waals surface area (Å²) in [7, 11) is -3.31. The molecule has 1 aliphatic rings. The van der Waals surface area contributed by atoms with Crippen LogP contribution in [0.1, 0.15) is 13.8 Å². The van der Waals surface area contributed by atoms with Gasteiger partial charge in [0.1, 0.15) is 6.04 Å². The van der Waals surface area contributed by atoms with Crippen LogP contribution >= 0.6 is 11.8 Å². The molecule has 1 unspecified atom stereocenters. The molecule has 9 heteroatoms. The zero-order valence-electron chi connectivity index (χ0n) is 11.7. The molecular weight excluding hydrogens is 304 g/mol. The van der Waals surface area contributed by atoms with E-state index < -0.39 is 32.6 Å². The first-order valence-corrected chi connectivity index (χ1v) is 9.15. The Morgan fingerprint density at radius 1 is 1.45 bits per heavy atom. The molecule has 0 aromatic carbocycles. The number of hydrogen-bond acceptors (Lipinski definition) is 5. The smallest absolute Gasteiger partial charge is 0.327 e. The lowest BCUT2D eigenvalue weighted by atomic mass is 10.2. The molecule has 0 aromatic heterocycles. The van der Waals surface area contributed by atoms with Gasteiger partial charge in [-0.15, -0.1) is 0 Å². The summed E-state index contributed by atoms with van der Waals surface area (Å²) in [5, 5.41) is 11.6. The number of carboxylic acid groups (broad SMARTS) is 1. The van der Waals surface area contributed by atoms with Crippen molar-refractivity contribution in [2.24, 2.45) is 0 Å². The average molecular weight is 324 g/mol. The zero-order valence-corrected chi connectivity index (χ0v) is 13.4. The maximum Gasteiger partial charge on any atom is 0.327 e. The number of nitrogens with one attached hydrogen (secondary N) is 1. The van der Waals surface area contributed by atoms with Gasteiger partial charge in [-0.05, 0) is 13.8 Å². The maximum absolute atomic E-state index is 12.0. The summed E-state index contributed by atoms with van der Waals surface area (Å²) in [6.45, 7) is 3.32. The summed E-state index contributed by atoms with van der Waals surface area (Å²) >= 11 is 1.48. The second kappa shape index (κ2) is 6.21. The standard InChI is InChI=1S/C11H20N2O5S2/c1-11(2,20(3,17)18)7-12-10(16)13-4-5-19-6-8(13)9(14)15/h8H,4-7H2,1-3H3,(H,12,16)(H,14,15). The molecule has 1 heterocycles. The Labute approximate surface area is 123 Å². The number of carbonyl (C=O) groups is 2. The van der Waals surface area contributed by atoms with Crippen LogP contribution in [-0.2, 0) is 14.6 Å². The fraction of sp³-hybridized carbons (Fsp3) is 0.818. The number of nitrogens with zero attached hydrogens (tertiary/aromatic N) is 1. The third-order valence-corrected chi connectivity index (χ3v) is 6.52. The number of amides is 2. The molecule has 1 atom stereocenters. The molecule has 0 radical (unpaired) electrons. The van der Waals surface area contributed by atoms with Gasteiger partial charge in [0.2, 0.25) is 0 Å². The van der Waals surface area contributed by atoms with Crippen molar-refractivity contribution in [3.05, 3.63) is 0 Å². The molecule has 0 aliphatic carbocycles. The second-order valence-electron chi connectivity index (χ2n) is 5.31. The molecule has 0 spiro atoms. The van der Waals surface area contributed by atoms with Gasteiger partial charge < -0.3 is 15.3 Å². The van der Waals surface area contributed by atoms with Crippen molar-refractivity contribution in [2.45, 2.75) is 24.6 Å². The topological polar surface area (TPSA) is 104 Å². The minimum Gasteiger partial charge on any atom is -0.480 e. The summed E-state index contributed by atoms with van der Waals surface area (Å²) in [6, 6.07) is -1.40. The number of carboxylic acids is 1. The van der Waals surface area contributed by atoms with Gasteiger partial charge in [-0.1, -0.05) is 0 Å². The Kier molecular flexibility index (Phi) is 5.31. The fourth-order valence-corrected chi connectivity index (χ4v) is 2.95. The number of sulfone groups is 1. The van der Waals surface area contributed by atoms with Crippen LogP contribution in [-0.4, -0.2) is 72.1 Å². The van der Waals surface area contributed by atoms with Gasteiger partial charge in [-0.3, -0.25) is 0 Å². The molecule has 0 saturated carbocycles. The highest BCUT2D eigenvalue weighted by atomic mass is 32.2. The van der Waals surface area contributed by atoms with Crippen LogP contribution in [0.15, 0.2) is 0 Å². The summed E-state index contributed by atoms with van der Waals surface area (Å²) in [5.74, 6) is -0.0278. The number of carbonyl (C=O) groups excluding carboxylic acids is 1. The molecule has 2 N–H and O–H groups in total. The monoisotopic (exact) mass is 324 g/mol. The summed E-state index contributed by atoms with van der Waals surface area (Å²) in [6.07, 6.45) is 1.11. The number of rotatable bonds is 4. The van der Waals surface area contributed by atoms with Crippen molar-refractivity contribution in [2.75, 3.05) is 30.9 Å². The van der Waals surface area contributed by atoms with Crippen LogP contribution in [0.2, 0.25) is 0 Å². The molecule has 1 aliphatic heterocycles. The first kappa shape index (κ1) is 17.1. The molecule has 116 valence electrons. The molecular formula is C11H20N2O5S2. The van der Waals surface area contributed by atoms with E-state index in [4.69, 9.17) is 5.11 Å². The molecule has 1 saturated heterocycles. The van der Waals surface area contributed by atoms with Crippen LogP contribution in [0.3, 0.4) is 0 Å². The van der Waals surface area contributed by atoms with E-state index >= 15 is 0 Å². The first-order chi connectivity index (χ1) is 9.06. The lowest BCUT2D eigenvalue weighted by Gasteiger charge is -2.33. The Morgan fingerprint density at radius 2 is 2.05 bits per heavy atom. The summed E-state index contributed by atoms with van der Waals surface area (Å²) in [5.41, 5.74) is 0. The minimum atomic E-state index is -3.31. The molecule has 1 fully saturated rings. The fourth-order valence-electron chi connectivity index (χ4n) is 1.57. The van der Waals surface area contributed by atoms with E-state index in [9.17, 15) is 18.0 Å². The Bertz CT molecular complexity index is 489. The van der Waals surface area contributed by atoms with Crippen LogP contribution < -0.4 is 5.32 Å². The Morgan fingerprint density at radius 3 is 2.55 bits per heavy atom. The highest BCUT2D eigenvalue weighted by Crippen LogP contribution is 2.18. The van der Waals surface area contributed by atoms with Gasteiger partial charge in [-0.25, -0.2) is 18.0 Å². The lowest BCUT2D eigenvalue weighted by Crippen LogP contribution is -2.56. The quantitative estimate of drug-likeness (QED) is 0.755. The zero-order chi connectivity index (χ0) is 15.6. The van der Waals surface area contributed by atoms with E-state index in [0.29, 0.717) is 18.1 Å². The van der Waals surface area contributed by atoms with E-state index in [-0.39, 0.29) is 6.54 Å². The molecule has 0 aromatic rings. The first-order valence-electron chi connectivity index (χ1n) is 6.11. The predicted molar refractivity (Wildman–Crippen MR) is 77.8 cm³/mol. The van der Waals surface area contributed by atoms with Gasteiger partial charge >= 0.3 is 12.0 Å². The highest BCUT2D eigenvalue weighted by molar-refractivity contribution is 7.99. The maximum atomic E-state index is 12.0. The minimum absolute atomic E-state index is 0.0549. The highest BCUT2D eigenvalue weighted by Gasteiger charge is 2.35. The lowest BCUT2D eigenvalue weighted by molar-refractivity contribution is -0.141. The van der Waals surface area contributed by atoms with Crippen molar-refractivity contribution in [1.29, 1.82) is 0 Å². The molecule has 2 amide bonds. The van der Waals surface area contributed by atoms with E-state index in [2.05, 4.69) is 5.32 Å². The third kappa shape index (κ3) is 4.02. The summed E-state index contributed by atoms with van der Waals surface area (Å²) in [4.78, 5) is 24.4. The van der Waals surface area contributed by atoms with Crippen molar-refractivity contribution >= 4 is 33.6 Å². The van der Waals surface area contributed by atoms with Crippen molar-refractivity contribution in [3.63, 3.8) is 0 Å². The van der Waals surface area contributed by atoms with Crippen molar-refractivity contribution in [1.82, 2.24) is 10.2 Å².